The summed E-state index contributed by atoms with van der Waals surface area (Å²) >= 11 is 0. The molecule has 0 N–H and O–H groups in total. The van der Waals surface area contributed by atoms with Crippen molar-refractivity contribution >= 4 is 6.09 Å². The molecule has 0 aromatic heterocycles. The molecule has 3 nitrogen and oxygen atoms in total. The first-order chi connectivity index (χ1) is 11.4. The van der Waals surface area contributed by atoms with Gasteiger partial charge in [0.15, 0.2) is 0 Å². The summed E-state index contributed by atoms with van der Waals surface area (Å²) in [5.74, 6) is 0.687. The van der Waals surface area contributed by atoms with E-state index in [-0.39, 0.29) is 11.7 Å². The van der Waals surface area contributed by atoms with E-state index < -0.39 is 0 Å². The van der Waals surface area contributed by atoms with Crippen LogP contribution in [0.25, 0.3) is 0 Å². The van der Waals surface area contributed by atoms with Crippen LogP contribution in [0.2, 0.25) is 0 Å². The summed E-state index contributed by atoms with van der Waals surface area (Å²) < 4.78 is 5.46. The van der Waals surface area contributed by atoms with Crippen LogP contribution in [0.4, 0.5) is 4.79 Å². The molecule has 1 heterocycles. The van der Waals surface area contributed by atoms with E-state index >= 15 is 0 Å². The minimum atomic E-state index is -0.383. The molecule has 1 atom stereocenters. The minimum absolute atomic E-state index is 0.131. The first-order valence-corrected chi connectivity index (χ1v) is 10.4. The van der Waals surface area contributed by atoms with E-state index in [0.29, 0.717) is 5.92 Å². The first kappa shape index (κ1) is 21.3. The minimum Gasteiger partial charge on any atom is -0.444 e. The van der Waals surface area contributed by atoms with Crippen LogP contribution in [0.5, 0.6) is 0 Å². The highest BCUT2D eigenvalue weighted by Crippen LogP contribution is 2.24. The van der Waals surface area contributed by atoms with Gasteiger partial charge in [0.2, 0.25) is 0 Å². The molecule has 0 bridgehead atoms. The average Bonchev–Trinajstić information content (AvgIpc) is 2.96. The van der Waals surface area contributed by atoms with E-state index in [2.05, 4.69) is 6.92 Å². The van der Waals surface area contributed by atoms with Gasteiger partial charge in [0.25, 0.3) is 0 Å². The molecule has 1 amide bonds. The fourth-order valence-corrected chi connectivity index (χ4v) is 3.48. The molecule has 1 fully saturated rings. The Morgan fingerprint density at radius 3 is 2.04 bits per heavy atom. The molecule has 1 unspecified atom stereocenters. The average molecular weight is 340 g/mol. The SMILES string of the molecule is CCCCCCCCCCCCC1CCN(C(=O)OC(C)(C)C)C1. The van der Waals surface area contributed by atoms with Gasteiger partial charge in [-0.3, -0.25) is 0 Å². The Hall–Kier alpha value is -0.730. The smallest absolute Gasteiger partial charge is 0.410 e. The van der Waals surface area contributed by atoms with Crippen molar-refractivity contribution < 1.29 is 9.53 Å². The van der Waals surface area contributed by atoms with Crippen LogP contribution in [0.3, 0.4) is 0 Å². The van der Waals surface area contributed by atoms with E-state index in [0.717, 1.165) is 19.5 Å². The molecular weight excluding hydrogens is 298 g/mol. The number of hydrogen-bond donors (Lipinski definition) is 0. The fourth-order valence-electron chi connectivity index (χ4n) is 3.48. The predicted octanol–water partition coefficient (Wildman–Crippen LogP) is 6.55. The van der Waals surface area contributed by atoms with Gasteiger partial charge in [-0.05, 0) is 39.5 Å². The van der Waals surface area contributed by atoms with Crippen LogP contribution in [-0.2, 0) is 4.74 Å². The molecule has 0 aromatic rings. The molecule has 0 spiro atoms. The highest BCUT2D eigenvalue weighted by atomic mass is 16.6. The van der Waals surface area contributed by atoms with Crippen LogP contribution in [0.1, 0.15) is 105 Å². The third-order valence-electron chi connectivity index (χ3n) is 4.90. The lowest BCUT2D eigenvalue weighted by Gasteiger charge is -2.24. The molecule has 0 radical (unpaired) electrons. The Morgan fingerprint density at radius 1 is 0.958 bits per heavy atom. The summed E-state index contributed by atoms with van der Waals surface area (Å²) in [5, 5.41) is 0. The quantitative estimate of drug-likeness (QED) is 0.399. The second kappa shape index (κ2) is 11.8. The van der Waals surface area contributed by atoms with Gasteiger partial charge < -0.3 is 9.64 Å². The highest BCUT2D eigenvalue weighted by molar-refractivity contribution is 5.68. The molecule has 24 heavy (non-hydrogen) atoms. The van der Waals surface area contributed by atoms with E-state index in [1.807, 2.05) is 25.7 Å². The van der Waals surface area contributed by atoms with Crippen LogP contribution < -0.4 is 0 Å². The standard InChI is InChI=1S/C21H41NO2/c1-5-6-7-8-9-10-11-12-13-14-15-19-16-17-22(18-19)20(23)24-21(2,3)4/h19H,5-18H2,1-4H3. The summed E-state index contributed by atoms with van der Waals surface area (Å²) in [4.78, 5) is 13.9. The number of likely N-dealkylation sites (tertiary alicyclic amines) is 1. The van der Waals surface area contributed by atoms with Gasteiger partial charge in [-0.2, -0.15) is 0 Å². The lowest BCUT2D eigenvalue weighted by atomic mass is 9.99. The second-order valence-electron chi connectivity index (χ2n) is 8.55. The summed E-state index contributed by atoms with van der Waals surface area (Å²) in [6, 6.07) is 0. The Morgan fingerprint density at radius 2 is 1.50 bits per heavy atom. The molecule has 1 saturated heterocycles. The Bertz CT molecular complexity index is 335. The summed E-state index contributed by atoms with van der Waals surface area (Å²) in [7, 11) is 0. The van der Waals surface area contributed by atoms with E-state index in [1.54, 1.807) is 0 Å². The van der Waals surface area contributed by atoms with E-state index in [9.17, 15) is 4.79 Å². The molecule has 1 aliphatic rings. The van der Waals surface area contributed by atoms with Crippen molar-refractivity contribution in [2.24, 2.45) is 5.92 Å². The van der Waals surface area contributed by atoms with Crippen molar-refractivity contribution in [3.63, 3.8) is 0 Å². The number of ether oxygens (including phenoxy) is 1. The number of carbonyl (C=O) groups excluding carboxylic acids is 1. The monoisotopic (exact) mass is 339 g/mol. The maximum atomic E-state index is 12.1. The fraction of sp³-hybridized carbons (Fsp3) is 0.952. The summed E-state index contributed by atoms with van der Waals surface area (Å²) in [6.07, 6.45) is 16.2. The van der Waals surface area contributed by atoms with Gasteiger partial charge in [-0.25, -0.2) is 4.79 Å². The topological polar surface area (TPSA) is 29.5 Å². The third-order valence-corrected chi connectivity index (χ3v) is 4.90. The summed E-state index contributed by atoms with van der Waals surface area (Å²) in [6.45, 7) is 9.84. The Kier molecular flexibility index (Phi) is 10.4. The van der Waals surface area contributed by atoms with Gasteiger partial charge in [-0.15, -0.1) is 0 Å². The lowest BCUT2D eigenvalue weighted by molar-refractivity contribution is 0.0287. The van der Waals surface area contributed by atoms with Crippen molar-refractivity contribution in [3.05, 3.63) is 0 Å². The zero-order valence-corrected chi connectivity index (χ0v) is 16.7. The number of nitrogens with zero attached hydrogens (tertiary/aromatic N) is 1. The zero-order valence-electron chi connectivity index (χ0n) is 16.7. The number of rotatable bonds is 11. The number of unbranched alkanes of at least 4 members (excludes halogenated alkanes) is 9. The van der Waals surface area contributed by atoms with Gasteiger partial charge in [0.05, 0.1) is 0 Å². The Labute approximate surface area is 150 Å². The maximum Gasteiger partial charge on any atom is 0.410 e. The molecule has 1 aliphatic heterocycles. The van der Waals surface area contributed by atoms with E-state index in [1.165, 1.54) is 70.6 Å². The van der Waals surface area contributed by atoms with Crippen LogP contribution >= 0.6 is 0 Å². The van der Waals surface area contributed by atoms with Crippen molar-refractivity contribution in [2.75, 3.05) is 13.1 Å². The Balaban J connectivity index is 1.96. The predicted molar refractivity (Wildman–Crippen MR) is 102 cm³/mol. The van der Waals surface area contributed by atoms with Gasteiger partial charge in [0.1, 0.15) is 5.60 Å². The maximum absolute atomic E-state index is 12.1. The molecule has 0 aliphatic carbocycles. The summed E-state index contributed by atoms with van der Waals surface area (Å²) in [5.41, 5.74) is -0.383. The number of amides is 1. The first-order valence-electron chi connectivity index (χ1n) is 10.4. The molecular formula is C21H41NO2. The highest BCUT2D eigenvalue weighted by Gasteiger charge is 2.29. The van der Waals surface area contributed by atoms with Crippen LogP contribution in [-0.4, -0.2) is 29.7 Å². The van der Waals surface area contributed by atoms with Gasteiger partial charge >= 0.3 is 6.09 Å². The third kappa shape index (κ3) is 10.2. The number of carbonyl (C=O) groups is 1. The molecule has 0 aromatic carbocycles. The normalized spacial score (nSPS) is 18.2. The van der Waals surface area contributed by atoms with Gasteiger partial charge in [0, 0.05) is 13.1 Å². The van der Waals surface area contributed by atoms with Crippen molar-refractivity contribution in [2.45, 2.75) is 110 Å². The van der Waals surface area contributed by atoms with Crippen molar-refractivity contribution in [1.82, 2.24) is 4.90 Å². The molecule has 1 rings (SSSR count). The molecule has 3 heteroatoms. The van der Waals surface area contributed by atoms with Crippen molar-refractivity contribution in [1.29, 1.82) is 0 Å². The molecule has 142 valence electrons. The van der Waals surface area contributed by atoms with E-state index in [4.69, 9.17) is 4.74 Å². The van der Waals surface area contributed by atoms with Crippen LogP contribution in [0, 0.1) is 5.92 Å². The largest absolute Gasteiger partial charge is 0.444 e. The number of hydrogen-bond acceptors (Lipinski definition) is 2. The lowest BCUT2D eigenvalue weighted by Crippen LogP contribution is -2.35. The zero-order chi connectivity index (χ0) is 17.8. The second-order valence-corrected chi connectivity index (χ2v) is 8.55. The van der Waals surface area contributed by atoms with Crippen molar-refractivity contribution in [3.8, 4) is 0 Å². The van der Waals surface area contributed by atoms with Gasteiger partial charge in [-0.1, -0.05) is 71.1 Å². The van der Waals surface area contributed by atoms with Crippen LogP contribution in [0.15, 0.2) is 0 Å². The molecule has 0 saturated carbocycles.